The molecule has 29 heavy (non-hydrogen) atoms. The highest BCUT2D eigenvalue weighted by molar-refractivity contribution is 7.16. The number of nitrogens with zero attached hydrogens (tertiary/aromatic N) is 4. The van der Waals surface area contributed by atoms with Gasteiger partial charge < -0.3 is 15.6 Å². The van der Waals surface area contributed by atoms with E-state index in [1.807, 2.05) is 24.3 Å². The van der Waals surface area contributed by atoms with Gasteiger partial charge in [0, 0.05) is 19.2 Å². The van der Waals surface area contributed by atoms with Crippen molar-refractivity contribution in [3.05, 3.63) is 69.2 Å². The SMILES string of the molecule is O=C(NCc1cccnn1)c1nc(CCNCc2nc3ccccc3[nH]2)sc1Cl. The second-order valence-electron chi connectivity index (χ2n) is 6.26. The van der Waals surface area contributed by atoms with Crippen molar-refractivity contribution in [3.63, 3.8) is 0 Å². The fourth-order valence-electron chi connectivity index (χ4n) is 2.76. The van der Waals surface area contributed by atoms with Crippen LogP contribution in [0.1, 0.15) is 27.0 Å². The third-order valence-corrected chi connectivity index (χ3v) is 5.46. The van der Waals surface area contributed by atoms with Crippen molar-refractivity contribution >= 4 is 39.9 Å². The van der Waals surface area contributed by atoms with E-state index in [2.05, 4.69) is 35.8 Å². The third-order valence-electron chi connectivity index (χ3n) is 4.15. The molecule has 0 spiro atoms. The monoisotopic (exact) mass is 427 g/mol. The second kappa shape index (κ2) is 9.08. The minimum atomic E-state index is -0.321. The first-order valence-corrected chi connectivity index (χ1v) is 10.2. The van der Waals surface area contributed by atoms with Crippen LogP contribution < -0.4 is 10.6 Å². The highest BCUT2D eigenvalue weighted by Crippen LogP contribution is 2.24. The number of H-pyrrole nitrogens is 1. The number of para-hydroxylation sites is 2. The average molecular weight is 428 g/mol. The Labute approximate surface area is 175 Å². The number of aromatic nitrogens is 5. The Morgan fingerprint density at radius 1 is 1.14 bits per heavy atom. The van der Waals surface area contributed by atoms with Gasteiger partial charge in [0.2, 0.25) is 0 Å². The zero-order valence-electron chi connectivity index (χ0n) is 15.4. The highest BCUT2D eigenvalue weighted by Gasteiger charge is 2.17. The summed E-state index contributed by atoms with van der Waals surface area (Å²) in [5, 5.41) is 14.6. The maximum atomic E-state index is 12.3. The summed E-state index contributed by atoms with van der Waals surface area (Å²) in [6, 6.07) is 11.5. The van der Waals surface area contributed by atoms with Gasteiger partial charge in [-0.2, -0.15) is 10.2 Å². The van der Waals surface area contributed by atoms with E-state index in [0.29, 0.717) is 29.5 Å². The van der Waals surface area contributed by atoms with E-state index in [-0.39, 0.29) is 18.1 Å². The third kappa shape index (κ3) is 4.94. The van der Waals surface area contributed by atoms with Crippen molar-refractivity contribution in [2.24, 2.45) is 0 Å². The van der Waals surface area contributed by atoms with E-state index in [9.17, 15) is 4.79 Å². The van der Waals surface area contributed by atoms with Crippen LogP contribution in [-0.4, -0.2) is 37.6 Å². The summed E-state index contributed by atoms with van der Waals surface area (Å²) in [7, 11) is 0. The van der Waals surface area contributed by atoms with E-state index < -0.39 is 0 Å². The maximum Gasteiger partial charge on any atom is 0.272 e. The van der Waals surface area contributed by atoms with Gasteiger partial charge in [-0.05, 0) is 24.3 Å². The minimum Gasteiger partial charge on any atom is -0.345 e. The molecule has 0 aliphatic heterocycles. The van der Waals surface area contributed by atoms with Gasteiger partial charge in [0.05, 0.1) is 34.8 Å². The molecule has 4 aromatic rings. The first-order valence-electron chi connectivity index (χ1n) is 9.03. The van der Waals surface area contributed by atoms with Crippen molar-refractivity contribution < 1.29 is 4.79 Å². The number of rotatable bonds is 8. The van der Waals surface area contributed by atoms with Crippen molar-refractivity contribution in [2.75, 3.05) is 6.54 Å². The van der Waals surface area contributed by atoms with Crippen molar-refractivity contribution in [3.8, 4) is 0 Å². The van der Waals surface area contributed by atoms with Crippen LogP contribution in [0.3, 0.4) is 0 Å². The molecule has 0 saturated carbocycles. The molecular weight excluding hydrogens is 410 g/mol. The Bertz CT molecular complexity index is 1080. The molecule has 3 N–H and O–H groups in total. The number of halogens is 1. The molecule has 8 nitrogen and oxygen atoms in total. The van der Waals surface area contributed by atoms with Crippen LogP contribution >= 0.6 is 22.9 Å². The molecule has 1 amide bonds. The van der Waals surface area contributed by atoms with E-state index in [4.69, 9.17) is 11.6 Å². The molecule has 148 valence electrons. The normalized spacial score (nSPS) is 11.1. The largest absolute Gasteiger partial charge is 0.345 e. The lowest BCUT2D eigenvalue weighted by Crippen LogP contribution is -2.24. The van der Waals surface area contributed by atoms with E-state index in [1.54, 1.807) is 18.3 Å². The minimum absolute atomic E-state index is 0.243. The number of aromatic amines is 1. The van der Waals surface area contributed by atoms with Gasteiger partial charge in [-0.25, -0.2) is 9.97 Å². The summed E-state index contributed by atoms with van der Waals surface area (Å²) in [4.78, 5) is 24.5. The molecule has 0 radical (unpaired) electrons. The lowest BCUT2D eigenvalue weighted by atomic mass is 10.3. The van der Waals surface area contributed by atoms with E-state index in [1.165, 1.54) is 11.3 Å². The number of carbonyl (C=O) groups excluding carboxylic acids is 1. The first kappa shape index (κ1) is 19.4. The van der Waals surface area contributed by atoms with Crippen molar-refractivity contribution in [1.82, 2.24) is 35.8 Å². The number of nitrogens with one attached hydrogen (secondary N) is 3. The zero-order chi connectivity index (χ0) is 20.1. The summed E-state index contributed by atoms with van der Waals surface area (Å²) in [5.74, 6) is 0.561. The number of hydrogen-bond donors (Lipinski definition) is 3. The molecule has 3 heterocycles. The summed E-state index contributed by atoms with van der Waals surface area (Å²) in [5.41, 5.74) is 2.89. The fourth-order valence-corrected chi connectivity index (χ4v) is 3.94. The first-order chi connectivity index (χ1) is 14.2. The van der Waals surface area contributed by atoms with Gasteiger partial charge in [0.1, 0.15) is 10.2 Å². The zero-order valence-corrected chi connectivity index (χ0v) is 16.9. The molecule has 0 aliphatic carbocycles. The molecular formula is C19H18ClN7OS. The Kier molecular flexibility index (Phi) is 6.09. The molecule has 10 heteroatoms. The number of carbonyl (C=O) groups is 1. The van der Waals surface area contributed by atoms with Crippen LogP contribution in [0.25, 0.3) is 11.0 Å². The van der Waals surface area contributed by atoms with Crippen molar-refractivity contribution in [2.45, 2.75) is 19.5 Å². The maximum absolute atomic E-state index is 12.3. The Morgan fingerprint density at radius 3 is 2.86 bits per heavy atom. The molecule has 0 atom stereocenters. The smallest absolute Gasteiger partial charge is 0.272 e. The summed E-state index contributed by atoms with van der Waals surface area (Å²) < 4.78 is 0.383. The Hall–Kier alpha value is -2.88. The van der Waals surface area contributed by atoms with E-state index in [0.717, 1.165) is 21.9 Å². The van der Waals surface area contributed by atoms with E-state index >= 15 is 0 Å². The Balaban J connectivity index is 1.27. The predicted octanol–water partition coefficient (Wildman–Crippen LogP) is 2.73. The molecule has 0 fully saturated rings. The molecule has 3 aromatic heterocycles. The standard InChI is InChI=1S/C19H18ClN7OS/c20-18-17(19(28)22-10-12-4-3-8-23-27-12)26-16(29-18)7-9-21-11-15-24-13-5-1-2-6-14(13)25-15/h1-6,8,21H,7,9-11H2,(H,22,28)(H,24,25). The number of amides is 1. The summed E-state index contributed by atoms with van der Waals surface area (Å²) in [6.07, 6.45) is 2.25. The Morgan fingerprint density at radius 2 is 2.03 bits per heavy atom. The highest BCUT2D eigenvalue weighted by atomic mass is 35.5. The number of imidazole rings is 1. The van der Waals surface area contributed by atoms with Crippen LogP contribution in [0.4, 0.5) is 0 Å². The molecule has 0 saturated heterocycles. The van der Waals surface area contributed by atoms with Crippen LogP contribution in [0, 0.1) is 0 Å². The number of fused-ring (bicyclic) bond motifs is 1. The number of thiazole rings is 1. The van der Waals surface area contributed by atoms with Gasteiger partial charge in [-0.1, -0.05) is 23.7 Å². The van der Waals surface area contributed by atoms with Crippen molar-refractivity contribution in [1.29, 1.82) is 0 Å². The van der Waals surface area contributed by atoms with Gasteiger partial charge >= 0.3 is 0 Å². The summed E-state index contributed by atoms with van der Waals surface area (Å²) in [6.45, 7) is 1.59. The molecule has 0 unspecified atom stereocenters. The van der Waals surface area contributed by atoms with Crippen LogP contribution in [0.5, 0.6) is 0 Å². The molecule has 4 rings (SSSR count). The number of hydrogen-bond acceptors (Lipinski definition) is 7. The fraction of sp³-hybridized carbons (Fsp3) is 0.211. The molecule has 0 aliphatic rings. The number of benzene rings is 1. The predicted molar refractivity (Wildman–Crippen MR) is 112 cm³/mol. The van der Waals surface area contributed by atoms with Crippen LogP contribution in [0.2, 0.25) is 4.34 Å². The van der Waals surface area contributed by atoms with Gasteiger partial charge in [0.25, 0.3) is 5.91 Å². The van der Waals surface area contributed by atoms with Gasteiger partial charge in [-0.15, -0.1) is 11.3 Å². The quantitative estimate of drug-likeness (QED) is 0.373. The molecule has 0 bridgehead atoms. The van der Waals surface area contributed by atoms with Crippen LogP contribution in [-0.2, 0) is 19.5 Å². The summed E-state index contributed by atoms with van der Waals surface area (Å²) >= 11 is 7.52. The second-order valence-corrected chi connectivity index (χ2v) is 7.94. The van der Waals surface area contributed by atoms with Gasteiger partial charge in [-0.3, -0.25) is 4.79 Å². The van der Waals surface area contributed by atoms with Gasteiger partial charge in [0.15, 0.2) is 5.69 Å². The molecule has 1 aromatic carbocycles. The lowest BCUT2D eigenvalue weighted by Gasteiger charge is -2.02. The topological polar surface area (TPSA) is 108 Å². The average Bonchev–Trinajstić information content (AvgIpc) is 3.33. The van der Waals surface area contributed by atoms with Crippen LogP contribution in [0.15, 0.2) is 42.6 Å². The lowest BCUT2D eigenvalue weighted by molar-refractivity contribution is 0.0946.